The van der Waals surface area contributed by atoms with E-state index in [9.17, 15) is 0 Å². The number of halogens is 1. The third-order valence-corrected chi connectivity index (χ3v) is 3.32. The maximum absolute atomic E-state index is 4.40. The average Bonchev–Trinajstić information content (AvgIpc) is 2.84. The lowest BCUT2D eigenvalue weighted by molar-refractivity contribution is 0.672. The lowest BCUT2D eigenvalue weighted by Gasteiger charge is -2.01. The Labute approximate surface area is 116 Å². The highest BCUT2D eigenvalue weighted by Crippen LogP contribution is 2.14. The Bertz CT molecular complexity index is 476. The third kappa shape index (κ3) is 3.68. The highest BCUT2D eigenvalue weighted by Gasteiger charge is 2.00. The fourth-order valence-electron chi connectivity index (χ4n) is 1.82. The molecule has 0 aliphatic rings. The van der Waals surface area contributed by atoms with Crippen molar-refractivity contribution in [2.24, 2.45) is 0 Å². The number of aryl methyl sites for hydroxylation is 1. The van der Waals surface area contributed by atoms with Crippen LogP contribution in [0.2, 0.25) is 0 Å². The second-order valence-electron chi connectivity index (χ2n) is 4.23. The fraction of sp³-hybridized carbons (Fsp3) is 0.357. The van der Waals surface area contributed by atoms with E-state index < -0.39 is 0 Å². The van der Waals surface area contributed by atoms with Crippen molar-refractivity contribution in [1.82, 2.24) is 15.1 Å². The molecule has 1 heterocycles. The van der Waals surface area contributed by atoms with Gasteiger partial charge in [-0.15, -0.1) is 0 Å². The van der Waals surface area contributed by atoms with Gasteiger partial charge in [-0.25, -0.2) is 4.68 Å². The number of nitrogens with zero attached hydrogens (tertiary/aromatic N) is 2. The van der Waals surface area contributed by atoms with E-state index in [1.165, 1.54) is 5.56 Å². The zero-order valence-corrected chi connectivity index (χ0v) is 12.2. The van der Waals surface area contributed by atoms with Crippen molar-refractivity contribution in [1.29, 1.82) is 0 Å². The SMILES string of the molecule is CCNCCCc1cnn(-c2ccc(Br)cc2)c1. The summed E-state index contributed by atoms with van der Waals surface area (Å²) in [5.41, 5.74) is 2.38. The summed E-state index contributed by atoms with van der Waals surface area (Å²) < 4.78 is 3.01. The fourth-order valence-corrected chi connectivity index (χ4v) is 2.08. The van der Waals surface area contributed by atoms with E-state index in [4.69, 9.17) is 0 Å². The Morgan fingerprint density at radius 3 is 2.78 bits per heavy atom. The maximum Gasteiger partial charge on any atom is 0.0646 e. The Morgan fingerprint density at radius 1 is 1.28 bits per heavy atom. The second-order valence-corrected chi connectivity index (χ2v) is 5.14. The molecule has 1 aromatic heterocycles. The molecule has 96 valence electrons. The van der Waals surface area contributed by atoms with Gasteiger partial charge in [0.25, 0.3) is 0 Å². The van der Waals surface area contributed by atoms with Crippen LogP contribution in [0, 0.1) is 0 Å². The molecule has 0 saturated carbocycles. The summed E-state index contributed by atoms with van der Waals surface area (Å²) in [6.07, 6.45) is 6.28. The second kappa shape index (κ2) is 6.71. The standard InChI is InChI=1S/C14H18BrN3/c1-2-16-9-3-4-12-10-17-18(11-12)14-7-5-13(15)6-8-14/h5-8,10-11,16H,2-4,9H2,1H3. The monoisotopic (exact) mass is 307 g/mol. The molecule has 0 atom stereocenters. The van der Waals surface area contributed by atoms with Crippen molar-refractivity contribution < 1.29 is 0 Å². The summed E-state index contributed by atoms with van der Waals surface area (Å²) in [6.45, 7) is 4.24. The van der Waals surface area contributed by atoms with Crippen LogP contribution in [-0.2, 0) is 6.42 Å². The van der Waals surface area contributed by atoms with Crippen LogP contribution in [0.25, 0.3) is 5.69 Å². The zero-order valence-electron chi connectivity index (χ0n) is 10.6. The Balaban J connectivity index is 1.95. The molecule has 0 saturated heterocycles. The van der Waals surface area contributed by atoms with Gasteiger partial charge in [0.15, 0.2) is 0 Å². The van der Waals surface area contributed by atoms with Crippen LogP contribution >= 0.6 is 15.9 Å². The molecular formula is C14H18BrN3. The smallest absolute Gasteiger partial charge is 0.0646 e. The molecule has 4 heteroatoms. The molecule has 0 aliphatic heterocycles. The van der Waals surface area contributed by atoms with Crippen molar-refractivity contribution >= 4 is 15.9 Å². The Hall–Kier alpha value is -1.13. The number of hydrogen-bond donors (Lipinski definition) is 1. The van der Waals surface area contributed by atoms with E-state index in [1.807, 2.05) is 23.0 Å². The van der Waals surface area contributed by atoms with Gasteiger partial charge in [0.1, 0.15) is 0 Å². The van der Waals surface area contributed by atoms with Gasteiger partial charge in [0, 0.05) is 10.7 Å². The van der Waals surface area contributed by atoms with Crippen LogP contribution in [0.4, 0.5) is 0 Å². The first kappa shape index (κ1) is 13.3. The summed E-state index contributed by atoms with van der Waals surface area (Å²) in [5.74, 6) is 0. The summed E-state index contributed by atoms with van der Waals surface area (Å²) in [4.78, 5) is 0. The van der Waals surface area contributed by atoms with Crippen LogP contribution in [0.15, 0.2) is 41.1 Å². The van der Waals surface area contributed by atoms with Crippen LogP contribution in [-0.4, -0.2) is 22.9 Å². The largest absolute Gasteiger partial charge is 0.317 e. The van der Waals surface area contributed by atoms with Gasteiger partial charge in [-0.1, -0.05) is 22.9 Å². The number of benzene rings is 1. The third-order valence-electron chi connectivity index (χ3n) is 2.80. The maximum atomic E-state index is 4.40. The van der Waals surface area contributed by atoms with Gasteiger partial charge in [-0.05, 0) is 55.8 Å². The van der Waals surface area contributed by atoms with E-state index in [0.29, 0.717) is 0 Å². The highest BCUT2D eigenvalue weighted by atomic mass is 79.9. The first-order valence-electron chi connectivity index (χ1n) is 6.30. The van der Waals surface area contributed by atoms with Gasteiger partial charge in [0.2, 0.25) is 0 Å². The summed E-state index contributed by atoms with van der Waals surface area (Å²) in [5, 5.41) is 7.73. The predicted molar refractivity (Wildman–Crippen MR) is 78.1 cm³/mol. The van der Waals surface area contributed by atoms with E-state index in [1.54, 1.807) is 0 Å². The van der Waals surface area contributed by atoms with Gasteiger partial charge in [0.05, 0.1) is 11.9 Å². The van der Waals surface area contributed by atoms with Gasteiger partial charge >= 0.3 is 0 Å². The first-order valence-corrected chi connectivity index (χ1v) is 7.09. The predicted octanol–water partition coefficient (Wildman–Crippen LogP) is 3.18. The molecule has 0 amide bonds. The molecule has 2 rings (SSSR count). The van der Waals surface area contributed by atoms with Gasteiger partial charge < -0.3 is 5.32 Å². The minimum Gasteiger partial charge on any atom is -0.317 e. The quantitative estimate of drug-likeness (QED) is 0.831. The summed E-state index contributed by atoms with van der Waals surface area (Å²) >= 11 is 3.44. The van der Waals surface area contributed by atoms with Crippen LogP contribution in [0.5, 0.6) is 0 Å². The lowest BCUT2D eigenvalue weighted by Crippen LogP contribution is -2.14. The summed E-state index contributed by atoms with van der Waals surface area (Å²) in [7, 11) is 0. The van der Waals surface area contributed by atoms with Gasteiger partial charge in [-0.2, -0.15) is 5.10 Å². The zero-order chi connectivity index (χ0) is 12.8. The lowest BCUT2D eigenvalue weighted by atomic mass is 10.2. The number of rotatable bonds is 6. The molecule has 0 radical (unpaired) electrons. The molecule has 0 fully saturated rings. The number of nitrogens with one attached hydrogen (secondary N) is 1. The highest BCUT2D eigenvalue weighted by molar-refractivity contribution is 9.10. The molecule has 0 unspecified atom stereocenters. The van der Waals surface area contributed by atoms with Crippen molar-refractivity contribution in [3.05, 3.63) is 46.7 Å². The Morgan fingerprint density at radius 2 is 2.06 bits per heavy atom. The van der Waals surface area contributed by atoms with E-state index in [-0.39, 0.29) is 0 Å². The molecule has 0 bridgehead atoms. The van der Waals surface area contributed by atoms with E-state index in [0.717, 1.165) is 36.1 Å². The van der Waals surface area contributed by atoms with Crippen molar-refractivity contribution in [2.75, 3.05) is 13.1 Å². The molecule has 1 N–H and O–H groups in total. The molecule has 1 aromatic carbocycles. The van der Waals surface area contributed by atoms with Gasteiger partial charge in [-0.3, -0.25) is 0 Å². The van der Waals surface area contributed by atoms with Crippen molar-refractivity contribution in [3.8, 4) is 5.69 Å². The summed E-state index contributed by atoms with van der Waals surface area (Å²) in [6, 6.07) is 8.17. The van der Waals surface area contributed by atoms with Crippen LogP contribution < -0.4 is 5.32 Å². The topological polar surface area (TPSA) is 29.9 Å². The number of hydrogen-bond acceptors (Lipinski definition) is 2. The van der Waals surface area contributed by atoms with Crippen LogP contribution in [0.1, 0.15) is 18.9 Å². The normalized spacial score (nSPS) is 10.8. The number of aromatic nitrogens is 2. The minimum atomic E-state index is 1.04. The molecule has 0 aliphatic carbocycles. The minimum absolute atomic E-state index is 1.04. The molecule has 2 aromatic rings. The van der Waals surface area contributed by atoms with Crippen LogP contribution in [0.3, 0.4) is 0 Å². The van der Waals surface area contributed by atoms with Crippen molar-refractivity contribution in [2.45, 2.75) is 19.8 Å². The van der Waals surface area contributed by atoms with Crippen molar-refractivity contribution in [3.63, 3.8) is 0 Å². The van der Waals surface area contributed by atoms with E-state index >= 15 is 0 Å². The molecule has 3 nitrogen and oxygen atoms in total. The van der Waals surface area contributed by atoms with E-state index in [2.05, 4.69) is 51.6 Å². The Kier molecular flexibility index (Phi) is 4.96. The first-order chi connectivity index (χ1) is 8.79. The molecular weight excluding hydrogens is 290 g/mol. The average molecular weight is 308 g/mol. The molecule has 18 heavy (non-hydrogen) atoms. The molecule has 0 spiro atoms.